The predicted molar refractivity (Wildman–Crippen MR) is 137 cm³/mol. The van der Waals surface area contributed by atoms with Crippen molar-refractivity contribution in [2.75, 3.05) is 6.61 Å². The van der Waals surface area contributed by atoms with Crippen LogP contribution in [0, 0.1) is 7.14 Å². The fourth-order valence-electron chi connectivity index (χ4n) is 3.95. The molecule has 0 saturated heterocycles. The lowest BCUT2D eigenvalue weighted by Gasteiger charge is -2.18. The Labute approximate surface area is 212 Å². The van der Waals surface area contributed by atoms with Crippen LogP contribution in [0.1, 0.15) is 22.6 Å². The monoisotopic (exact) mass is 655 g/mol. The standard InChI is InChI=1S/C24H19I2NO5/c25-19-9-13(10-20(26)22(19)28)11-21(23(29)30)27-24(31)32-12-18-16-7-3-1-5-14(16)15-6-2-4-8-17(15)18/h1-10,18,21,28H,11-12H2,(H,27,31)(H,29,30). The average Bonchev–Trinajstić information content (AvgIpc) is 3.09. The number of hydrogen-bond acceptors (Lipinski definition) is 4. The number of carbonyl (C=O) groups is 2. The molecule has 0 aliphatic heterocycles. The number of carboxylic acid groups (broad SMARTS) is 1. The molecule has 1 amide bonds. The number of phenols is 1. The van der Waals surface area contributed by atoms with Gasteiger partial charge in [-0.15, -0.1) is 0 Å². The molecule has 1 aliphatic rings. The van der Waals surface area contributed by atoms with Crippen LogP contribution in [0.4, 0.5) is 4.79 Å². The van der Waals surface area contributed by atoms with E-state index in [4.69, 9.17) is 4.74 Å². The van der Waals surface area contributed by atoms with Crippen LogP contribution in [0.5, 0.6) is 5.75 Å². The van der Waals surface area contributed by atoms with E-state index in [9.17, 15) is 19.8 Å². The molecule has 3 aromatic carbocycles. The van der Waals surface area contributed by atoms with E-state index in [1.165, 1.54) is 0 Å². The molecule has 0 saturated carbocycles. The Kier molecular flexibility index (Phi) is 6.89. The van der Waals surface area contributed by atoms with Crippen molar-refractivity contribution < 1.29 is 24.5 Å². The SMILES string of the molecule is O=C(NC(Cc1cc(I)c(O)c(I)c1)C(=O)O)OCC1c2ccccc2-c2ccccc21. The second kappa shape index (κ2) is 9.65. The Balaban J connectivity index is 1.44. The highest BCUT2D eigenvalue weighted by atomic mass is 127. The fourth-order valence-corrected chi connectivity index (χ4v) is 5.85. The number of rotatable bonds is 6. The summed E-state index contributed by atoms with van der Waals surface area (Å²) in [7, 11) is 0. The number of aromatic hydroxyl groups is 1. The van der Waals surface area contributed by atoms with Crippen LogP contribution >= 0.6 is 45.2 Å². The van der Waals surface area contributed by atoms with Crippen molar-refractivity contribution in [3.8, 4) is 16.9 Å². The Bertz CT molecular complexity index is 1130. The van der Waals surface area contributed by atoms with Gasteiger partial charge in [-0.25, -0.2) is 9.59 Å². The molecule has 1 aliphatic carbocycles. The molecule has 3 aromatic rings. The Morgan fingerprint density at radius 2 is 1.50 bits per heavy atom. The molecule has 0 aromatic heterocycles. The molecule has 6 nitrogen and oxygen atoms in total. The number of fused-ring (bicyclic) bond motifs is 3. The Morgan fingerprint density at radius 3 is 2.03 bits per heavy atom. The number of carboxylic acids is 1. The van der Waals surface area contributed by atoms with E-state index in [1.54, 1.807) is 12.1 Å². The molecule has 0 radical (unpaired) electrons. The summed E-state index contributed by atoms with van der Waals surface area (Å²) in [6.07, 6.45) is -0.700. The van der Waals surface area contributed by atoms with Crippen molar-refractivity contribution in [1.82, 2.24) is 5.32 Å². The third-order valence-corrected chi connectivity index (χ3v) is 7.09. The third-order valence-electron chi connectivity index (χ3n) is 5.45. The lowest BCUT2D eigenvalue weighted by Crippen LogP contribution is -2.43. The van der Waals surface area contributed by atoms with Gasteiger partial charge in [-0.2, -0.15) is 0 Å². The Morgan fingerprint density at radius 1 is 0.969 bits per heavy atom. The first-order valence-electron chi connectivity index (χ1n) is 9.86. The van der Waals surface area contributed by atoms with Crippen LogP contribution in [-0.2, 0) is 16.0 Å². The van der Waals surface area contributed by atoms with Crippen LogP contribution in [0.15, 0.2) is 60.7 Å². The number of ether oxygens (including phenoxy) is 1. The number of benzene rings is 3. The van der Waals surface area contributed by atoms with Crippen molar-refractivity contribution in [2.45, 2.75) is 18.4 Å². The van der Waals surface area contributed by atoms with Gasteiger partial charge < -0.3 is 20.3 Å². The van der Waals surface area contributed by atoms with E-state index >= 15 is 0 Å². The molecular weight excluding hydrogens is 636 g/mol. The van der Waals surface area contributed by atoms with Gasteiger partial charge in [0.1, 0.15) is 18.4 Å². The zero-order valence-corrected chi connectivity index (χ0v) is 21.0. The van der Waals surface area contributed by atoms with Crippen molar-refractivity contribution in [2.24, 2.45) is 0 Å². The molecule has 0 heterocycles. The van der Waals surface area contributed by atoms with Gasteiger partial charge in [-0.1, -0.05) is 48.5 Å². The largest absolute Gasteiger partial charge is 0.506 e. The van der Waals surface area contributed by atoms with E-state index in [1.807, 2.05) is 81.6 Å². The number of halogens is 2. The number of alkyl carbamates (subject to hydrolysis) is 1. The quantitative estimate of drug-likeness (QED) is 0.320. The van der Waals surface area contributed by atoms with Crippen molar-refractivity contribution in [3.05, 3.63) is 84.5 Å². The van der Waals surface area contributed by atoms with Crippen LogP contribution in [0.3, 0.4) is 0 Å². The maximum absolute atomic E-state index is 12.5. The van der Waals surface area contributed by atoms with E-state index < -0.39 is 18.1 Å². The van der Waals surface area contributed by atoms with E-state index in [-0.39, 0.29) is 24.7 Å². The summed E-state index contributed by atoms with van der Waals surface area (Å²) in [5.74, 6) is -1.10. The molecule has 32 heavy (non-hydrogen) atoms. The number of phenolic OH excluding ortho intramolecular Hbond substituents is 1. The summed E-state index contributed by atoms with van der Waals surface area (Å²) in [4.78, 5) is 24.2. The van der Waals surface area contributed by atoms with Crippen LogP contribution in [0.2, 0.25) is 0 Å². The maximum Gasteiger partial charge on any atom is 0.407 e. The molecule has 8 heteroatoms. The molecule has 164 valence electrons. The van der Waals surface area contributed by atoms with E-state index in [0.29, 0.717) is 12.7 Å². The highest BCUT2D eigenvalue weighted by Crippen LogP contribution is 2.44. The molecule has 1 atom stereocenters. The number of amides is 1. The maximum atomic E-state index is 12.5. The van der Waals surface area contributed by atoms with Gasteiger partial charge in [0.2, 0.25) is 0 Å². The first-order chi connectivity index (χ1) is 15.3. The lowest BCUT2D eigenvalue weighted by molar-refractivity contribution is -0.139. The van der Waals surface area contributed by atoms with E-state index in [0.717, 1.165) is 22.3 Å². The minimum absolute atomic E-state index is 0.0752. The van der Waals surface area contributed by atoms with Crippen LogP contribution in [-0.4, -0.2) is 34.9 Å². The summed E-state index contributed by atoms with van der Waals surface area (Å²) < 4.78 is 6.71. The van der Waals surface area contributed by atoms with Crippen molar-refractivity contribution >= 4 is 57.2 Å². The van der Waals surface area contributed by atoms with Crippen LogP contribution < -0.4 is 5.32 Å². The summed E-state index contributed by atoms with van der Waals surface area (Å²) >= 11 is 3.97. The zero-order chi connectivity index (χ0) is 22.8. The fraction of sp³-hybridized carbons (Fsp3) is 0.167. The van der Waals surface area contributed by atoms with Gasteiger partial charge >= 0.3 is 12.1 Å². The summed E-state index contributed by atoms with van der Waals surface area (Å²) in [6.45, 7) is 0.112. The molecule has 3 N–H and O–H groups in total. The molecule has 1 unspecified atom stereocenters. The minimum atomic E-state index is -1.16. The number of aliphatic carboxylic acids is 1. The summed E-state index contributed by atoms with van der Waals surface area (Å²) in [5, 5.41) is 22.0. The number of hydrogen-bond donors (Lipinski definition) is 3. The lowest BCUT2D eigenvalue weighted by atomic mass is 9.98. The molecule has 0 bridgehead atoms. The van der Waals surface area contributed by atoms with Gasteiger partial charge in [0.05, 0.1) is 7.14 Å². The van der Waals surface area contributed by atoms with Gasteiger partial charge in [0, 0.05) is 12.3 Å². The molecular formula is C24H19I2NO5. The van der Waals surface area contributed by atoms with Gasteiger partial charge in [-0.3, -0.25) is 0 Å². The second-order valence-electron chi connectivity index (χ2n) is 7.47. The van der Waals surface area contributed by atoms with Gasteiger partial charge in [0.25, 0.3) is 0 Å². The first-order valence-corrected chi connectivity index (χ1v) is 12.0. The number of nitrogens with one attached hydrogen (secondary N) is 1. The topological polar surface area (TPSA) is 95.9 Å². The second-order valence-corrected chi connectivity index (χ2v) is 9.80. The molecule has 0 fully saturated rings. The highest BCUT2D eigenvalue weighted by Gasteiger charge is 2.30. The first kappa shape index (κ1) is 22.8. The average molecular weight is 655 g/mol. The zero-order valence-electron chi connectivity index (χ0n) is 16.7. The normalized spacial score (nSPS) is 13.2. The number of carbonyl (C=O) groups excluding carboxylic acids is 1. The minimum Gasteiger partial charge on any atom is -0.506 e. The van der Waals surface area contributed by atoms with Gasteiger partial charge in [0.15, 0.2) is 0 Å². The predicted octanol–water partition coefficient (Wildman–Crippen LogP) is 5.14. The van der Waals surface area contributed by atoms with Crippen molar-refractivity contribution in [1.29, 1.82) is 0 Å². The third kappa shape index (κ3) is 4.70. The van der Waals surface area contributed by atoms with Crippen LogP contribution in [0.25, 0.3) is 11.1 Å². The highest BCUT2D eigenvalue weighted by molar-refractivity contribution is 14.1. The summed E-state index contributed by atoms with van der Waals surface area (Å²) in [5.41, 5.74) is 5.12. The van der Waals surface area contributed by atoms with Crippen molar-refractivity contribution in [3.63, 3.8) is 0 Å². The summed E-state index contributed by atoms with van der Waals surface area (Å²) in [6, 6.07) is 18.3. The molecule has 0 spiro atoms. The Hall–Kier alpha value is -2.34. The van der Waals surface area contributed by atoms with E-state index in [2.05, 4.69) is 17.4 Å². The smallest absolute Gasteiger partial charge is 0.407 e. The molecule has 4 rings (SSSR count). The van der Waals surface area contributed by atoms with Gasteiger partial charge in [-0.05, 0) is 85.1 Å².